The monoisotopic (exact) mass is 420 g/mol. The lowest BCUT2D eigenvalue weighted by molar-refractivity contribution is -0.116. The maximum Gasteiger partial charge on any atom is 0.242 e. The summed E-state index contributed by atoms with van der Waals surface area (Å²) in [6.07, 6.45) is 0. The van der Waals surface area contributed by atoms with Crippen LogP contribution in [-0.2, 0) is 9.59 Å². The van der Waals surface area contributed by atoms with E-state index in [1.807, 2.05) is 85.8 Å². The maximum atomic E-state index is 13.2. The van der Waals surface area contributed by atoms with Crippen LogP contribution in [0.15, 0.2) is 83.8 Å². The molecule has 0 saturated heterocycles. The highest BCUT2D eigenvalue weighted by molar-refractivity contribution is 8.00. The molecule has 0 bridgehead atoms. The summed E-state index contributed by atoms with van der Waals surface area (Å²) in [6, 6.07) is 24.5. The third-order valence-corrected chi connectivity index (χ3v) is 5.48. The van der Waals surface area contributed by atoms with Crippen molar-refractivity contribution in [2.75, 3.05) is 17.2 Å². The van der Waals surface area contributed by atoms with Crippen molar-refractivity contribution >= 4 is 35.0 Å². The minimum Gasteiger partial charge on any atom is -0.492 e. The van der Waals surface area contributed by atoms with Gasteiger partial charge in [0.05, 0.1) is 12.3 Å². The number of thioether (sulfide) groups is 1. The zero-order valence-corrected chi connectivity index (χ0v) is 17.7. The summed E-state index contributed by atoms with van der Waals surface area (Å²) in [7, 11) is 0. The van der Waals surface area contributed by atoms with Gasteiger partial charge in [0.15, 0.2) is 0 Å². The molecule has 30 heavy (non-hydrogen) atoms. The van der Waals surface area contributed by atoms with Crippen molar-refractivity contribution in [1.82, 2.24) is 0 Å². The van der Waals surface area contributed by atoms with Crippen LogP contribution < -0.4 is 15.4 Å². The van der Waals surface area contributed by atoms with E-state index in [0.717, 1.165) is 16.1 Å². The molecule has 3 aromatic rings. The Kier molecular flexibility index (Phi) is 7.51. The molecule has 0 saturated carbocycles. The Labute approximate surface area is 180 Å². The lowest BCUT2D eigenvalue weighted by atomic mass is 10.1. The largest absolute Gasteiger partial charge is 0.492 e. The van der Waals surface area contributed by atoms with Gasteiger partial charge in [-0.3, -0.25) is 9.59 Å². The second-order valence-electron chi connectivity index (χ2n) is 6.53. The van der Waals surface area contributed by atoms with Crippen LogP contribution in [0.5, 0.6) is 5.75 Å². The van der Waals surface area contributed by atoms with E-state index in [1.165, 1.54) is 18.7 Å². The van der Waals surface area contributed by atoms with Gasteiger partial charge < -0.3 is 15.4 Å². The van der Waals surface area contributed by atoms with E-state index >= 15 is 0 Å². The number of para-hydroxylation sites is 2. The molecule has 0 aliphatic carbocycles. The molecule has 0 aliphatic heterocycles. The van der Waals surface area contributed by atoms with E-state index in [4.69, 9.17) is 4.74 Å². The highest BCUT2D eigenvalue weighted by Gasteiger charge is 2.23. The van der Waals surface area contributed by atoms with Gasteiger partial charge in [-0.15, -0.1) is 11.8 Å². The first-order valence-corrected chi connectivity index (χ1v) is 10.6. The van der Waals surface area contributed by atoms with Crippen LogP contribution in [0.25, 0.3) is 0 Å². The SMILES string of the molecule is CCOc1ccccc1NC(=O)[C@H](Sc1ccc(NC(C)=O)cc1)c1ccccc1. The molecule has 5 nitrogen and oxygen atoms in total. The number of ether oxygens (including phenoxy) is 1. The number of benzene rings is 3. The Morgan fingerprint density at radius 2 is 1.57 bits per heavy atom. The van der Waals surface area contributed by atoms with Crippen LogP contribution in [0, 0.1) is 0 Å². The summed E-state index contributed by atoms with van der Waals surface area (Å²) in [5.41, 5.74) is 2.27. The van der Waals surface area contributed by atoms with Crippen LogP contribution >= 0.6 is 11.8 Å². The lowest BCUT2D eigenvalue weighted by Crippen LogP contribution is -2.19. The predicted molar refractivity (Wildman–Crippen MR) is 122 cm³/mol. The molecule has 0 aromatic heterocycles. The molecular formula is C24H24N2O3S. The van der Waals surface area contributed by atoms with Gasteiger partial charge in [-0.2, -0.15) is 0 Å². The Morgan fingerprint density at radius 1 is 0.900 bits per heavy atom. The summed E-state index contributed by atoms with van der Waals surface area (Å²) in [5.74, 6) is 0.388. The van der Waals surface area contributed by atoms with E-state index in [0.29, 0.717) is 18.0 Å². The quantitative estimate of drug-likeness (QED) is 0.471. The summed E-state index contributed by atoms with van der Waals surface area (Å²) < 4.78 is 5.63. The molecule has 1 atom stereocenters. The summed E-state index contributed by atoms with van der Waals surface area (Å²) in [4.78, 5) is 25.4. The number of rotatable bonds is 8. The Morgan fingerprint density at radius 3 is 2.23 bits per heavy atom. The Balaban J connectivity index is 1.83. The number of anilines is 2. The molecule has 0 unspecified atom stereocenters. The molecule has 0 aliphatic rings. The molecule has 2 N–H and O–H groups in total. The van der Waals surface area contributed by atoms with Crippen molar-refractivity contribution in [3.63, 3.8) is 0 Å². The van der Waals surface area contributed by atoms with Gasteiger partial charge in [0, 0.05) is 17.5 Å². The van der Waals surface area contributed by atoms with Gasteiger partial charge in [-0.05, 0) is 48.9 Å². The van der Waals surface area contributed by atoms with E-state index in [-0.39, 0.29) is 11.8 Å². The number of hydrogen-bond acceptors (Lipinski definition) is 4. The van der Waals surface area contributed by atoms with Crippen molar-refractivity contribution in [1.29, 1.82) is 0 Å². The highest BCUT2D eigenvalue weighted by atomic mass is 32.2. The van der Waals surface area contributed by atoms with Crippen LogP contribution in [0.2, 0.25) is 0 Å². The van der Waals surface area contributed by atoms with Crippen molar-refractivity contribution in [3.05, 3.63) is 84.4 Å². The standard InChI is InChI=1S/C24H24N2O3S/c1-3-29-22-12-8-7-11-21(22)26-24(28)23(18-9-5-4-6-10-18)30-20-15-13-19(14-16-20)25-17(2)27/h4-16,23H,3H2,1-2H3,(H,25,27)(H,26,28)/t23-/m1/s1. The fourth-order valence-corrected chi connectivity index (χ4v) is 3.93. The zero-order valence-electron chi connectivity index (χ0n) is 16.9. The molecule has 0 radical (unpaired) electrons. The van der Waals surface area contributed by atoms with Gasteiger partial charge >= 0.3 is 0 Å². The van der Waals surface area contributed by atoms with E-state index < -0.39 is 5.25 Å². The van der Waals surface area contributed by atoms with Gasteiger partial charge in [-0.25, -0.2) is 0 Å². The number of carbonyl (C=O) groups excluding carboxylic acids is 2. The number of amides is 2. The summed E-state index contributed by atoms with van der Waals surface area (Å²) in [6.45, 7) is 3.90. The van der Waals surface area contributed by atoms with Crippen molar-refractivity contribution in [3.8, 4) is 5.75 Å². The van der Waals surface area contributed by atoms with Crippen LogP contribution in [0.4, 0.5) is 11.4 Å². The first-order valence-electron chi connectivity index (χ1n) is 9.68. The molecular weight excluding hydrogens is 396 g/mol. The third kappa shape index (κ3) is 5.87. The zero-order chi connectivity index (χ0) is 21.3. The van der Waals surface area contributed by atoms with Crippen molar-refractivity contribution < 1.29 is 14.3 Å². The van der Waals surface area contributed by atoms with Gasteiger partial charge in [0.2, 0.25) is 11.8 Å². The van der Waals surface area contributed by atoms with Crippen LogP contribution in [0.1, 0.15) is 24.7 Å². The average molecular weight is 421 g/mol. The fraction of sp³-hybridized carbons (Fsp3) is 0.167. The first kappa shape index (κ1) is 21.5. The van der Waals surface area contributed by atoms with E-state index in [2.05, 4.69) is 10.6 Å². The Hall–Kier alpha value is -3.25. The maximum absolute atomic E-state index is 13.2. The van der Waals surface area contributed by atoms with Gasteiger partial charge in [0.25, 0.3) is 0 Å². The Bertz CT molecular complexity index is 991. The number of carbonyl (C=O) groups is 2. The normalized spacial score (nSPS) is 11.4. The lowest BCUT2D eigenvalue weighted by Gasteiger charge is -2.18. The van der Waals surface area contributed by atoms with E-state index in [9.17, 15) is 9.59 Å². The second kappa shape index (κ2) is 10.5. The highest BCUT2D eigenvalue weighted by Crippen LogP contribution is 2.37. The molecule has 3 aromatic carbocycles. The van der Waals surface area contributed by atoms with Crippen LogP contribution in [0.3, 0.4) is 0 Å². The smallest absolute Gasteiger partial charge is 0.242 e. The first-order chi connectivity index (χ1) is 14.6. The molecule has 0 heterocycles. The van der Waals surface area contributed by atoms with Crippen LogP contribution in [-0.4, -0.2) is 18.4 Å². The third-order valence-electron chi connectivity index (χ3n) is 4.21. The molecule has 0 fully saturated rings. The minimum absolute atomic E-state index is 0.120. The molecule has 6 heteroatoms. The topological polar surface area (TPSA) is 67.4 Å². The molecule has 3 rings (SSSR count). The molecule has 154 valence electrons. The van der Waals surface area contributed by atoms with Gasteiger partial charge in [-0.1, -0.05) is 42.5 Å². The van der Waals surface area contributed by atoms with Crippen molar-refractivity contribution in [2.45, 2.75) is 24.0 Å². The second-order valence-corrected chi connectivity index (χ2v) is 7.71. The summed E-state index contributed by atoms with van der Waals surface area (Å²) >= 11 is 1.45. The van der Waals surface area contributed by atoms with Gasteiger partial charge in [0.1, 0.15) is 11.0 Å². The molecule has 2 amide bonds. The minimum atomic E-state index is -0.451. The number of nitrogens with one attached hydrogen (secondary N) is 2. The van der Waals surface area contributed by atoms with E-state index in [1.54, 1.807) is 0 Å². The number of hydrogen-bond donors (Lipinski definition) is 2. The fourth-order valence-electron chi connectivity index (χ4n) is 2.91. The average Bonchev–Trinajstić information content (AvgIpc) is 2.75. The molecule has 0 spiro atoms. The summed E-state index contributed by atoms with van der Waals surface area (Å²) in [5, 5.41) is 5.31. The predicted octanol–water partition coefficient (Wildman–Crippen LogP) is 5.52. The van der Waals surface area contributed by atoms with Crippen molar-refractivity contribution in [2.24, 2.45) is 0 Å².